The Hall–Kier alpha value is -3.12. The highest BCUT2D eigenvalue weighted by Gasteiger charge is 2.37. The highest BCUT2D eigenvalue weighted by Crippen LogP contribution is 2.44. The first kappa shape index (κ1) is 19.6. The number of amides is 1. The van der Waals surface area contributed by atoms with Crippen molar-refractivity contribution in [3.8, 4) is 11.5 Å². The van der Waals surface area contributed by atoms with E-state index < -0.39 is 5.97 Å². The molecule has 6 nitrogen and oxygen atoms in total. The quantitative estimate of drug-likeness (QED) is 0.473. The molecular formula is C22H24N2O4. The highest BCUT2D eigenvalue weighted by atomic mass is 16.6. The molecule has 1 aliphatic heterocycles. The van der Waals surface area contributed by atoms with Crippen LogP contribution in [0.15, 0.2) is 61.2 Å². The van der Waals surface area contributed by atoms with Gasteiger partial charge in [-0.3, -0.25) is 15.0 Å². The zero-order valence-electron chi connectivity index (χ0n) is 16.1. The fourth-order valence-electron chi connectivity index (χ4n) is 3.67. The van der Waals surface area contributed by atoms with Crippen molar-refractivity contribution in [2.75, 3.05) is 13.7 Å². The van der Waals surface area contributed by atoms with Gasteiger partial charge >= 0.3 is 5.97 Å². The lowest BCUT2D eigenvalue weighted by molar-refractivity contribution is -0.132. The van der Waals surface area contributed by atoms with Gasteiger partial charge in [-0.25, -0.2) is 5.01 Å². The molecule has 0 radical (unpaired) electrons. The van der Waals surface area contributed by atoms with Crippen LogP contribution in [0.5, 0.6) is 11.5 Å². The third kappa shape index (κ3) is 4.23. The monoisotopic (exact) mass is 380 g/mol. The molecule has 1 heterocycles. The number of hydrogen-bond donors (Lipinski definition) is 1. The Morgan fingerprint density at radius 2 is 1.89 bits per heavy atom. The predicted octanol–water partition coefficient (Wildman–Crippen LogP) is 3.37. The maximum atomic E-state index is 11.9. The normalized spacial score (nSPS) is 19.1. The number of benzene rings is 2. The van der Waals surface area contributed by atoms with Crippen LogP contribution in [0, 0.1) is 0 Å². The molecule has 146 valence electrons. The van der Waals surface area contributed by atoms with Crippen LogP contribution < -0.4 is 14.9 Å². The number of hydrazine groups is 1. The van der Waals surface area contributed by atoms with Gasteiger partial charge in [0.05, 0.1) is 13.2 Å². The van der Waals surface area contributed by atoms with Gasteiger partial charge in [0.15, 0.2) is 11.5 Å². The molecular weight excluding hydrogens is 356 g/mol. The number of rotatable bonds is 6. The van der Waals surface area contributed by atoms with Crippen LogP contribution in [0.3, 0.4) is 0 Å². The molecule has 0 aliphatic carbocycles. The van der Waals surface area contributed by atoms with Crippen LogP contribution in [0.25, 0.3) is 0 Å². The second-order valence-corrected chi connectivity index (χ2v) is 6.63. The molecule has 0 saturated carbocycles. The summed E-state index contributed by atoms with van der Waals surface area (Å²) in [6.07, 6.45) is 2.12. The Morgan fingerprint density at radius 3 is 2.54 bits per heavy atom. The fourth-order valence-corrected chi connectivity index (χ4v) is 3.67. The minimum absolute atomic E-state index is 0.0330. The van der Waals surface area contributed by atoms with Crippen LogP contribution in [0.1, 0.15) is 36.4 Å². The number of carbonyl (C=O) groups is 2. The van der Waals surface area contributed by atoms with E-state index in [1.165, 1.54) is 13.0 Å². The Kier molecular flexibility index (Phi) is 6.11. The average molecular weight is 380 g/mol. The number of carbonyl (C=O) groups excluding carboxylic acids is 2. The molecule has 2 unspecified atom stereocenters. The van der Waals surface area contributed by atoms with Crippen molar-refractivity contribution < 1.29 is 19.1 Å². The summed E-state index contributed by atoms with van der Waals surface area (Å²) in [4.78, 5) is 23.2. The summed E-state index contributed by atoms with van der Waals surface area (Å²) in [5, 5.41) is 1.95. The Bertz CT molecular complexity index is 866. The molecule has 6 heteroatoms. The van der Waals surface area contributed by atoms with Gasteiger partial charge in [-0.2, -0.15) is 0 Å². The minimum Gasteiger partial charge on any atom is -0.493 e. The molecule has 0 aromatic heterocycles. The molecule has 1 fully saturated rings. The van der Waals surface area contributed by atoms with E-state index in [4.69, 9.17) is 9.47 Å². The number of ether oxygens (including phenoxy) is 2. The van der Waals surface area contributed by atoms with Crippen LogP contribution in [0.2, 0.25) is 0 Å². The summed E-state index contributed by atoms with van der Waals surface area (Å²) in [7, 11) is 1.55. The first-order valence-corrected chi connectivity index (χ1v) is 9.14. The summed E-state index contributed by atoms with van der Waals surface area (Å²) in [5.41, 5.74) is 5.08. The zero-order valence-corrected chi connectivity index (χ0v) is 16.1. The summed E-state index contributed by atoms with van der Waals surface area (Å²) < 4.78 is 10.6. The van der Waals surface area contributed by atoms with Crippen molar-refractivity contribution in [3.63, 3.8) is 0 Å². The maximum Gasteiger partial charge on any atom is 0.308 e. The zero-order chi connectivity index (χ0) is 20.1. The highest BCUT2D eigenvalue weighted by molar-refractivity contribution is 5.86. The Labute approximate surface area is 164 Å². The SMILES string of the molecule is C=CC(=O)NN1CCC(c2ccc(OC(C)=O)c(OC)c2)C1c1ccccc1. The third-order valence-electron chi connectivity index (χ3n) is 4.85. The molecule has 1 amide bonds. The first-order valence-electron chi connectivity index (χ1n) is 9.14. The van der Waals surface area contributed by atoms with Gasteiger partial charge in [0, 0.05) is 19.4 Å². The molecule has 2 atom stereocenters. The van der Waals surface area contributed by atoms with Gasteiger partial charge in [0.25, 0.3) is 5.91 Å². The van der Waals surface area contributed by atoms with Gasteiger partial charge in [0.2, 0.25) is 0 Å². The molecule has 0 bridgehead atoms. The fraction of sp³-hybridized carbons (Fsp3) is 0.273. The van der Waals surface area contributed by atoms with Crippen LogP contribution in [-0.4, -0.2) is 30.5 Å². The Morgan fingerprint density at radius 1 is 1.14 bits per heavy atom. The van der Waals surface area contributed by atoms with Crippen LogP contribution in [-0.2, 0) is 9.59 Å². The van der Waals surface area contributed by atoms with Gasteiger partial charge in [-0.15, -0.1) is 0 Å². The van der Waals surface area contributed by atoms with E-state index in [9.17, 15) is 9.59 Å². The van der Waals surface area contributed by atoms with E-state index in [-0.39, 0.29) is 17.9 Å². The molecule has 2 aromatic rings. The van der Waals surface area contributed by atoms with Crippen molar-refractivity contribution in [1.29, 1.82) is 0 Å². The van der Waals surface area contributed by atoms with Gasteiger partial charge in [0.1, 0.15) is 0 Å². The van der Waals surface area contributed by atoms with Crippen molar-refractivity contribution in [1.82, 2.24) is 10.4 Å². The molecule has 1 saturated heterocycles. The van der Waals surface area contributed by atoms with Crippen molar-refractivity contribution in [2.45, 2.75) is 25.3 Å². The predicted molar refractivity (Wildman–Crippen MR) is 106 cm³/mol. The Balaban J connectivity index is 1.96. The van der Waals surface area contributed by atoms with Crippen molar-refractivity contribution in [2.24, 2.45) is 0 Å². The lowest BCUT2D eigenvalue weighted by atomic mass is 9.87. The largest absolute Gasteiger partial charge is 0.493 e. The number of esters is 1. The maximum absolute atomic E-state index is 11.9. The smallest absolute Gasteiger partial charge is 0.308 e. The number of hydrogen-bond acceptors (Lipinski definition) is 5. The summed E-state index contributed by atoms with van der Waals surface area (Å²) >= 11 is 0. The number of nitrogens with one attached hydrogen (secondary N) is 1. The topological polar surface area (TPSA) is 67.9 Å². The van der Waals surface area contributed by atoms with Gasteiger partial charge in [-0.1, -0.05) is 43.0 Å². The van der Waals surface area contributed by atoms with E-state index in [2.05, 4.69) is 24.1 Å². The molecule has 1 aliphatic rings. The van der Waals surface area contributed by atoms with Crippen molar-refractivity contribution >= 4 is 11.9 Å². The molecule has 28 heavy (non-hydrogen) atoms. The lowest BCUT2D eigenvalue weighted by Gasteiger charge is -2.29. The number of nitrogens with zero attached hydrogens (tertiary/aromatic N) is 1. The molecule has 2 aromatic carbocycles. The lowest BCUT2D eigenvalue weighted by Crippen LogP contribution is -2.41. The summed E-state index contributed by atoms with van der Waals surface area (Å²) in [6.45, 7) is 5.60. The molecule has 3 rings (SSSR count). The third-order valence-corrected chi connectivity index (χ3v) is 4.85. The second-order valence-electron chi connectivity index (χ2n) is 6.63. The first-order chi connectivity index (χ1) is 13.5. The number of methoxy groups -OCH3 is 1. The average Bonchev–Trinajstić information content (AvgIpc) is 3.11. The standard InChI is InChI=1S/C22H24N2O4/c1-4-21(26)23-24-13-12-18(22(24)16-8-6-5-7-9-16)17-10-11-19(28-15(2)25)20(14-17)27-3/h4-11,14,18,22H,1,12-13H2,2-3H3,(H,23,26). The van der Waals surface area contributed by atoms with Gasteiger partial charge < -0.3 is 9.47 Å². The van der Waals surface area contributed by atoms with Crippen LogP contribution in [0.4, 0.5) is 0 Å². The van der Waals surface area contributed by atoms with E-state index in [0.29, 0.717) is 18.0 Å². The second kappa shape index (κ2) is 8.71. The molecule has 1 N–H and O–H groups in total. The molecule has 0 spiro atoms. The van der Waals surface area contributed by atoms with Gasteiger partial charge in [-0.05, 0) is 35.8 Å². The van der Waals surface area contributed by atoms with Crippen LogP contribution >= 0.6 is 0 Å². The van der Waals surface area contributed by atoms with E-state index >= 15 is 0 Å². The van der Waals surface area contributed by atoms with E-state index in [1.807, 2.05) is 35.3 Å². The van der Waals surface area contributed by atoms with E-state index in [1.54, 1.807) is 13.2 Å². The van der Waals surface area contributed by atoms with E-state index in [0.717, 1.165) is 17.5 Å². The summed E-state index contributed by atoms with van der Waals surface area (Å²) in [6, 6.07) is 15.6. The minimum atomic E-state index is -0.396. The summed E-state index contributed by atoms with van der Waals surface area (Å²) in [5.74, 6) is 0.405. The van der Waals surface area contributed by atoms with Crippen molar-refractivity contribution in [3.05, 3.63) is 72.3 Å².